The summed E-state index contributed by atoms with van der Waals surface area (Å²) in [5.41, 5.74) is 16.5. The number of aliphatic carboxylic acids is 1. The number of ketones is 1. The number of anilines is 2. The van der Waals surface area contributed by atoms with Crippen LogP contribution in [0.15, 0.2) is 129 Å². The second-order valence-electron chi connectivity index (χ2n) is 34.4. The lowest BCUT2D eigenvalue weighted by Gasteiger charge is -2.28. The third-order valence-corrected chi connectivity index (χ3v) is 21.7. The number of ether oxygens (including phenoxy) is 2. The van der Waals surface area contributed by atoms with Crippen molar-refractivity contribution >= 4 is 58.7 Å². The van der Waals surface area contributed by atoms with E-state index in [9.17, 15) is 33.9 Å². The maximum absolute atomic E-state index is 13.3. The standard InChI is InChI=1S/C32H46N8O3.C29H39N7O3.C25H42N4O3.C7H5ClN4/c1-24(41)33-17-21-39(18-8-7-11-26-14-13-25-10-5-6-12-27(25)37-26)20-15-28(31(42)43-32(2,3)4)38-29-22-30(35-23-34-29)40-19-9-16-36-40;1-22(37)8-6-17-35(16-5-4-10-24-13-12-23-9-2-3-11-25(23)33-24)19-14-26(29(38)39)34-27-20-28(31-21-30-27)36-18-7-15-32-36;1-19(30)27-15-18-29(17-14-22(26)24(31)32-25(2,3)4)16-8-7-10-21-13-12-20-9-5-6-11-23(20)28-21;8-6-4-7(10-5-9-6)12-3-1-2-11-12/h9,13-14,16,19,22-23,28H,5-8,10-12,15,17-18,20-21H2,1-4H3,(H,33,41)(H,34,35,38);7,12-13,15,18,20-21,26H,2-6,8-11,14,16-17,19H2,1H3,(H,38,39)(H,30,31,34);12-13,22H,5-11,14-18,26H2,1-4H3,(H,27,30);1-5H/t28-;26-;22-;/m000./s1. The Morgan fingerprint density at radius 3 is 1.22 bits per heavy atom. The zero-order valence-corrected chi connectivity index (χ0v) is 76.0. The molecule has 0 radical (unpaired) electrons. The molecule has 32 nitrogen and oxygen atoms in total. The zero-order valence-electron chi connectivity index (χ0n) is 75.2. The number of esters is 2. The van der Waals surface area contributed by atoms with Crippen molar-refractivity contribution in [1.82, 2.24) is 99.5 Å². The molecule has 9 aromatic heterocycles. The number of rotatable bonds is 44. The van der Waals surface area contributed by atoms with Crippen molar-refractivity contribution in [3.8, 4) is 17.5 Å². The molecule has 680 valence electrons. The Hall–Kier alpha value is -10.9. The molecule has 9 aromatic rings. The summed E-state index contributed by atoms with van der Waals surface area (Å²) in [4.78, 5) is 118. The van der Waals surface area contributed by atoms with Gasteiger partial charge in [-0.1, -0.05) is 29.8 Å². The Balaban J connectivity index is 0.000000201. The van der Waals surface area contributed by atoms with E-state index in [0.29, 0.717) is 99.2 Å². The summed E-state index contributed by atoms with van der Waals surface area (Å²) in [6.45, 7) is 23.6. The van der Waals surface area contributed by atoms with Gasteiger partial charge in [0.05, 0.1) is 0 Å². The first-order chi connectivity index (χ1) is 60.6. The third kappa shape index (κ3) is 36.9. The van der Waals surface area contributed by atoms with Crippen LogP contribution in [-0.2, 0) is 96.0 Å². The van der Waals surface area contributed by atoms with Crippen LogP contribution in [0, 0.1) is 0 Å². The first-order valence-corrected chi connectivity index (χ1v) is 45.2. The maximum atomic E-state index is 13.3. The molecule has 0 spiro atoms. The van der Waals surface area contributed by atoms with Gasteiger partial charge in [0.25, 0.3) is 0 Å². The Kier molecular flexibility index (Phi) is 41.0. The van der Waals surface area contributed by atoms with Gasteiger partial charge in [0.15, 0.2) is 17.5 Å². The van der Waals surface area contributed by atoms with E-state index in [-0.39, 0.29) is 29.5 Å². The highest BCUT2D eigenvalue weighted by atomic mass is 35.5. The summed E-state index contributed by atoms with van der Waals surface area (Å²) in [5.74, 6) is 1.22. The molecule has 9 heterocycles. The summed E-state index contributed by atoms with van der Waals surface area (Å²) < 4.78 is 16.0. The molecule has 0 saturated carbocycles. The van der Waals surface area contributed by atoms with Gasteiger partial charge in [-0.15, -0.1) is 0 Å². The first-order valence-electron chi connectivity index (χ1n) is 44.8. The summed E-state index contributed by atoms with van der Waals surface area (Å²) in [5, 5.41) is 34.7. The van der Waals surface area contributed by atoms with E-state index in [4.69, 9.17) is 41.8 Å². The number of hydrogen-bond donors (Lipinski definition) is 6. The number of halogens is 1. The number of unbranched alkanes of at least 4 members (excludes halogenated alkanes) is 3. The fourth-order valence-electron chi connectivity index (χ4n) is 15.0. The average molecular weight is 1750 g/mol. The van der Waals surface area contributed by atoms with E-state index < -0.39 is 35.3 Å². The Morgan fingerprint density at radius 2 is 0.833 bits per heavy atom. The smallest absolute Gasteiger partial charge is 0.329 e. The van der Waals surface area contributed by atoms with Gasteiger partial charge < -0.3 is 61.1 Å². The number of aromatic nitrogens is 15. The molecule has 2 amide bonds. The van der Waals surface area contributed by atoms with Crippen molar-refractivity contribution in [2.75, 3.05) is 82.6 Å². The molecule has 126 heavy (non-hydrogen) atoms. The second-order valence-corrected chi connectivity index (χ2v) is 34.7. The summed E-state index contributed by atoms with van der Waals surface area (Å²) in [6, 6.07) is 21.7. The number of hydrogen-bond acceptors (Lipinski definition) is 26. The molecule has 12 rings (SSSR count). The molecule has 0 saturated heterocycles. The number of carboxylic acid groups (broad SMARTS) is 1. The number of carboxylic acids is 1. The van der Waals surface area contributed by atoms with Crippen molar-refractivity contribution in [2.45, 2.75) is 259 Å². The van der Waals surface area contributed by atoms with Gasteiger partial charge in [0, 0.05) is 156 Å². The lowest BCUT2D eigenvalue weighted by atomic mass is 9.95. The fraction of sp³-hybridized carbons (Fsp3) is 0.548. The van der Waals surface area contributed by atoms with Gasteiger partial charge in [-0.2, -0.15) is 15.3 Å². The molecule has 0 bridgehead atoms. The molecule has 33 heteroatoms. The quantitative estimate of drug-likeness (QED) is 0.0117. The minimum atomic E-state index is -0.934. The predicted octanol–water partition coefficient (Wildman–Crippen LogP) is 11.9. The van der Waals surface area contributed by atoms with Gasteiger partial charge >= 0.3 is 17.9 Å². The molecular weight excluding hydrogens is 1620 g/mol. The van der Waals surface area contributed by atoms with Crippen molar-refractivity contribution in [2.24, 2.45) is 5.73 Å². The largest absolute Gasteiger partial charge is 0.480 e. The lowest BCUT2D eigenvalue weighted by molar-refractivity contribution is -0.157. The topological polar surface area (TPSA) is 394 Å². The monoisotopic (exact) mass is 1750 g/mol. The van der Waals surface area contributed by atoms with Crippen LogP contribution in [0.2, 0.25) is 5.15 Å². The highest BCUT2D eigenvalue weighted by Crippen LogP contribution is 2.25. The minimum Gasteiger partial charge on any atom is -0.480 e. The van der Waals surface area contributed by atoms with Crippen LogP contribution in [0.4, 0.5) is 11.6 Å². The van der Waals surface area contributed by atoms with Crippen LogP contribution >= 0.6 is 11.6 Å². The summed E-state index contributed by atoms with van der Waals surface area (Å²) in [7, 11) is 0. The van der Waals surface area contributed by atoms with Crippen LogP contribution in [0.5, 0.6) is 0 Å². The number of nitrogens with one attached hydrogen (secondary N) is 4. The fourth-order valence-corrected chi connectivity index (χ4v) is 15.1. The zero-order chi connectivity index (χ0) is 90.1. The summed E-state index contributed by atoms with van der Waals surface area (Å²) in [6.07, 6.45) is 40.6. The van der Waals surface area contributed by atoms with E-state index in [1.165, 1.54) is 117 Å². The number of carbonyl (C=O) groups excluding carboxylic acids is 5. The number of carbonyl (C=O) groups is 6. The molecular formula is C93H132ClN23O9. The molecule has 3 aliphatic rings. The molecule has 0 aromatic carbocycles. The molecule has 3 aliphatic carbocycles. The average Bonchev–Trinajstić information content (AvgIpc) is 1.47. The van der Waals surface area contributed by atoms with Crippen LogP contribution in [0.3, 0.4) is 0 Å². The van der Waals surface area contributed by atoms with E-state index >= 15 is 0 Å². The molecule has 7 N–H and O–H groups in total. The number of aryl methyl sites for hydroxylation is 9. The van der Waals surface area contributed by atoms with E-state index in [1.54, 1.807) is 82.4 Å². The molecule has 3 atom stereocenters. The second kappa shape index (κ2) is 52.2. The van der Waals surface area contributed by atoms with Gasteiger partial charge in [-0.25, -0.2) is 53.5 Å². The predicted molar refractivity (Wildman–Crippen MR) is 486 cm³/mol. The van der Waals surface area contributed by atoms with Gasteiger partial charge in [-0.05, 0) is 288 Å². The van der Waals surface area contributed by atoms with Crippen LogP contribution in [-0.4, -0.2) is 231 Å². The Morgan fingerprint density at radius 1 is 0.460 bits per heavy atom. The van der Waals surface area contributed by atoms with Gasteiger partial charge in [-0.3, -0.25) is 29.3 Å². The normalized spacial score (nSPS) is 13.6. The molecule has 0 fully saturated rings. The van der Waals surface area contributed by atoms with E-state index in [1.807, 2.05) is 53.7 Å². The Bertz CT molecular complexity index is 4790. The lowest BCUT2D eigenvalue weighted by Crippen LogP contribution is -2.41. The van der Waals surface area contributed by atoms with Crippen molar-refractivity contribution < 1.29 is 43.3 Å². The number of nitrogens with two attached hydrogens (primary N) is 1. The number of amides is 2. The van der Waals surface area contributed by atoms with E-state index in [2.05, 4.69) is 118 Å². The summed E-state index contributed by atoms with van der Waals surface area (Å²) >= 11 is 5.67. The van der Waals surface area contributed by atoms with Gasteiger partial charge in [0.2, 0.25) is 11.8 Å². The van der Waals surface area contributed by atoms with Gasteiger partial charge in [0.1, 0.15) is 70.9 Å². The first kappa shape index (κ1) is 98.9. The van der Waals surface area contributed by atoms with Crippen LogP contribution < -0.4 is 27.0 Å². The van der Waals surface area contributed by atoms with E-state index in [0.717, 1.165) is 141 Å². The minimum absolute atomic E-state index is 0.0334. The third-order valence-electron chi connectivity index (χ3n) is 21.5. The number of fused-ring (bicyclic) bond motifs is 3. The van der Waals surface area contributed by atoms with Crippen molar-refractivity contribution in [3.05, 3.63) is 185 Å². The highest BCUT2D eigenvalue weighted by Gasteiger charge is 2.29. The maximum Gasteiger partial charge on any atom is 0.329 e. The SMILES string of the molecule is CC(=O)CCCN(CCCCc1ccc2c(n1)CCCC2)CC[C@H](Nc1cc(-n2cccn2)ncn1)C(=O)O.CC(=O)NCCN(CCCCc1ccc2c(n1)CCCC2)CC[C@H](N)C(=O)OC(C)(C)C.CC(=O)NCCN(CCCCc1ccc2c(n1)CCCC2)CC[C@H](Nc1cc(-n2cccn2)ncn1)C(=O)OC(C)(C)C.Clc1cc(-n2cccn2)ncn1. The van der Waals surface area contributed by atoms with Crippen LogP contribution in [0.25, 0.3) is 17.5 Å². The molecule has 0 unspecified atom stereocenters. The van der Waals surface area contributed by atoms with Crippen LogP contribution in [0.1, 0.15) is 222 Å². The van der Waals surface area contributed by atoms with Crippen molar-refractivity contribution in [1.29, 1.82) is 0 Å². The van der Waals surface area contributed by atoms with Crippen molar-refractivity contribution in [3.63, 3.8) is 0 Å². The Labute approximate surface area is 747 Å². The molecule has 0 aliphatic heterocycles. The number of Topliss-reactive ketones (excluding diaryl/α,β-unsaturated/α-hetero) is 1. The highest BCUT2D eigenvalue weighted by molar-refractivity contribution is 6.29. The number of nitrogens with zero attached hydrogens (tertiary/aromatic N) is 18. The number of pyridine rings is 3.